The van der Waals surface area contributed by atoms with E-state index in [0.29, 0.717) is 5.92 Å². The summed E-state index contributed by atoms with van der Waals surface area (Å²) in [6.07, 6.45) is 7.99. The molecule has 0 bridgehead atoms. The van der Waals surface area contributed by atoms with Gasteiger partial charge in [-0.2, -0.15) is 0 Å². The van der Waals surface area contributed by atoms with E-state index < -0.39 is 0 Å². The van der Waals surface area contributed by atoms with Gasteiger partial charge in [-0.3, -0.25) is 0 Å². The van der Waals surface area contributed by atoms with Gasteiger partial charge < -0.3 is 14.2 Å². The number of unbranched alkanes of at least 4 members (excludes halogenated alkanes) is 2. The van der Waals surface area contributed by atoms with Crippen LogP contribution in [0.3, 0.4) is 0 Å². The lowest BCUT2D eigenvalue weighted by Gasteiger charge is -2.34. The number of hydrogen-bond donors (Lipinski definition) is 0. The van der Waals surface area contributed by atoms with Crippen molar-refractivity contribution in [3.8, 4) is 0 Å². The van der Waals surface area contributed by atoms with Gasteiger partial charge in [0.05, 0.1) is 0 Å². The van der Waals surface area contributed by atoms with Gasteiger partial charge in [-0.25, -0.2) is 0 Å². The minimum atomic E-state index is -0.356. The van der Waals surface area contributed by atoms with E-state index in [9.17, 15) is 0 Å². The summed E-state index contributed by atoms with van der Waals surface area (Å²) in [6.45, 7) is 10.9. The van der Waals surface area contributed by atoms with Crippen LogP contribution in [-0.2, 0) is 14.2 Å². The summed E-state index contributed by atoms with van der Waals surface area (Å²) in [5, 5.41) is 0. The predicted octanol–water partition coefficient (Wildman–Crippen LogP) is 4.79. The molecule has 0 aromatic heterocycles. The fraction of sp³-hybridized carbons (Fsp3) is 1.00. The van der Waals surface area contributed by atoms with Crippen molar-refractivity contribution >= 4 is 0 Å². The van der Waals surface area contributed by atoms with Crippen LogP contribution in [0.4, 0.5) is 0 Å². The van der Waals surface area contributed by atoms with Crippen LogP contribution in [0, 0.1) is 5.92 Å². The van der Waals surface area contributed by atoms with Gasteiger partial charge in [0.1, 0.15) is 0 Å². The molecule has 20 heavy (non-hydrogen) atoms. The van der Waals surface area contributed by atoms with Crippen molar-refractivity contribution in [3.63, 3.8) is 0 Å². The normalized spacial score (nSPS) is 13.7. The van der Waals surface area contributed by atoms with E-state index in [-0.39, 0.29) is 5.79 Å². The third-order valence-electron chi connectivity index (χ3n) is 3.68. The van der Waals surface area contributed by atoms with Gasteiger partial charge in [-0.15, -0.1) is 0 Å². The highest BCUT2D eigenvalue weighted by atomic mass is 16.7. The molecule has 3 nitrogen and oxygen atoms in total. The molecular weight excluding hydrogens is 252 g/mol. The Hall–Kier alpha value is -0.120. The molecule has 0 aliphatic carbocycles. The molecule has 0 saturated heterocycles. The highest BCUT2D eigenvalue weighted by molar-refractivity contribution is 4.71. The zero-order valence-electron chi connectivity index (χ0n) is 14.4. The quantitative estimate of drug-likeness (QED) is 0.340. The SMILES string of the molecule is CCCCCC(CCCC(C)COC)(OCC)OCC. The van der Waals surface area contributed by atoms with Gasteiger partial charge in [-0.05, 0) is 39.0 Å². The van der Waals surface area contributed by atoms with Crippen LogP contribution in [0.2, 0.25) is 0 Å². The van der Waals surface area contributed by atoms with Crippen LogP contribution in [0.5, 0.6) is 0 Å². The first-order chi connectivity index (χ1) is 9.64. The summed E-state index contributed by atoms with van der Waals surface area (Å²) in [5.74, 6) is 0.252. The van der Waals surface area contributed by atoms with Gasteiger partial charge >= 0.3 is 0 Å². The number of rotatable bonds is 14. The zero-order valence-corrected chi connectivity index (χ0v) is 14.4. The Kier molecular flexibility index (Phi) is 12.5. The highest BCUT2D eigenvalue weighted by Crippen LogP contribution is 2.28. The second-order valence-corrected chi connectivity index (χ2v) is 5.69. The maximum absolute atomic E-state index is 6.00. The molecule has 0 N–H and O–H groups in total. The number of ether oxygens (including phenoxy) is 3. The Bertz CT molecular complexity index is 200. The summed E-state index contributed by atoms with van der Waals surface area (Å²) < 4.78 is 17.2. The molecule has 0 heterocycles. The lowest BCUT2D eigenvalue weighted by atomic mass is 9.97. The van der Waals surface area contributed by atoms with Crippen molar-refractivity contribution in [1.82, 2.24) is 0 Å². The Morgan fingerprint density at radius 1 is 0.900 bits per heavy atom. The Morgan fingerprint density at radius 3 is 2.00 bits per heavy atom. The van der Waals surface area contributed by atoms with E-state index in [1.165, 1.54) is 25.7 Å². The molecule has 0 aliphatic heterocycles. The molecule has 0 fully saturated rings. The van der Waals surface area contributed by atoms with Gasteiger partial charge in [0.15, 0.2) is 5.79 Å². The van der Waals surface area contributed by atoms with Crippen LogP contribution in [0.15, 0.2) is 0 Å². The second-order valence-electron chi connectivity index (χ2n) is 5.69. The first kappa shape index (κ1) is 19.9. The van der Waals surface area contributed by atoms with Gasteiger partial charge in [-0.1, -0.05) is 26.7 Å². The van der Waals surface area contributed by atoms with E-state index in [2.05, 4.69) is 27.7 Å². The van der Waals surface area contributed by atoms with Crippen molar-refractivity contribution in [2.45, 2.75) is 78.4 Å². The summed E-state index contributed by atoms with van der Waals surface area (Å²) in [6, 6.07) is 0. The average Bonchev–Trinajstić information content (AvgIpc) is 2.40. The maximum Gasteiger partial charge on any atom is 0.168 e. The monoisotopic (exact) mass is 288 g/mol. The molecular formula is C17H36O3. The molecule has 3 heteroatoms. The Morgan fingerprint density at radius 2 is 1.50 bits per heavy atom. The van der Waals surface area contributed by atoms with Crippen molar-refractivity contribution in [2.75, 3.05) is 26.9 Å². The molecule has 1 unspecified atom stereocenters. The molecule has 0 rings (SSSR count). The standard InChI is InChI=1S/C17H36O3/c1-6-9-10-13-17(19-7-2,20-8-3)14-11-12-16(4)15-18-5/h16H,6-15H2,1-5H3. The van der Waals surface area contributed by atoms with Crippen LogP contribution in [-0.4, -0.2) is 32.7 Å². The third-order valence-corrected chi connectivity index (χ3v) is 3.68. The van der Waals surface area contributed by atoms with E-state index in [4.69, 9.17) is 14.2 Å². The molecule has 1 atom stereocenters. The first-order valence-electron chi connectivity index (χ1n) is 8.40. The van der Waals surface area contributed by atoms with Crippen molar-refractivity contribution in [3.05, 3.63) is 0 Å². The molecule has 122 valence electrons. The largest absolute Gasteiger partial charge is 0.384 e. The van der Waals surface area contributed by atoms with E-state index in [1.807, 2.05) is 0 Å². The van der Waals surface area contributed by atoms with Gasteiger partial charge in [0.25, 0.3) is 0 Å². The molecule has 0 radical (unpaired) electrons. The van der Waals surface area contributed by atoms with E-state index in [1.54, 1.807) is 7.11 Å². The van der Waals surface area contributed by atoms with Crippen LogP contribution >= 0.6 is 0 Å². The van der Waals surface area contributed by atoms with E-state index >= 15 is 0 Å². The fourth-order valence-corrected chi connectivity index (χ4v) is 2.71. The van der Waals surface area contributed by atoms with Crippen LogP contribution in [0.1, 0.15) is 72.6 Å². The van der Waals surface area contributed by atoms with Gasteiger partial charge in [0, 0.05) is 39.8 Å². The van der Waals surface area contributed by atoms with Crippen molar-refractivity contribution in [1.29, 1.82) is 0 Å². The minimum absolute atomic E-state index is 0.356. The topological polar surface area (TPSA) is 27.7 Å². The average molecular weight is 288 g/mol. The number of methoxy groups -OCH3 is 1. The minimum Gasteiger partial charge on any atom is -0.384 e. The maximum atomic E-state index is 6.00. The smallest absolute Gasteiger partial charge is 0.168 e. The molecule has 0 aromatic rings. The fourth-order valence-electron chi connectivity index (χ4n) is 2.71. The summed E-state index contributed by atoms with van der Waals surface area (Å²) in [4.78, 5) is 0. The van der Waals surface area contributed by atoms with Gasteiger partial charge in [0.2, 0.25) is 0 Å². The lowest BCUT2D eigenvalue weighted by Crippen LogP contribution is -2.36. The number of hydrogen-bond acceptors (Lipinski definition) is 3. The molecule has 0 saturated carbocycles. The zero-order chi connectivity index (χ0) is 15.3. The van der Waals surface area contributed by atoms with E-state index in [0.717, 1.165) is 39.1 Å². The third kappa shape index (κ3) is 8.93. The van der Waals surface area contributed by atoms with Crippen molar-refractivity contribution in [2.24, 2.45) is 5.92 Å². The molecule has 0 spiro atoms. The second kappa shape index (κ2) is 12.6. The summed E-state index contributed by atoms with van der Waals surface area (Å²) >= 11 is 0. The molecule has 0 aliphatic rings. The highest BCUT2D eigenvalue weighted by Gasteiger charge is 2.30. The van der Waals surface area contributed by atoms with Crippen LogP contribution in [0.25, 0.3) is 0 Å². The lowest BCUT2D eigenvalue weighted by molar-refractivity contribution is -0.242. The Labute approximate surface area is 126 Å². The predicted molar refractivity (Wildman–Crippen MR) is 85.0 cm³/mol. The van der Waals surface area contributed by atoms with Crippen molar-refractivity contribution < 1.29 is 14.2 Å². The Balaban J connectivity index is 4.32. The summed E-state index contributed by atoms with van der Waals surface area (Å²) in [5.41, 5.74) is 0. The molecule has 0 aromatic carbocycles. The molecule has 0 amide bonds. The summed E-state index contributed by atoms with van der Waals surface area (Å²) in [7, 11) is 1.77. The first-order valence-corrected chi connectivity index (χ1v) is 8.40. The van der Waals surface area contributed by atoms with Crippen LogP contribution < -0.4 is 0 Å².